The maximum Gasteiger partial charge on any atom is 0.211 e. The minimum Gasteiger partial charge on any atom is -0.346 e. The molecule has 1 heterocycles. The van der Waals surface area contributed by atoms with Gasteiger partial charge in [0, 0.05) is 18.1 Å². The second kappa shape index (κ2) is 6.48. The highest BCUT2D eigenvalue weighted by molar-refractivity contribution is 7.91. The molecule has 0 aliphatic heterocycles. The lowest BCUT2D eigenvalue weighted by Crippen LogP contribution is -2.19. The summed E-state index contributed by atoms with van der Waals surface area (Å²) in [6.07, 6.45) is 2.25. The van der Waals surface area contributed by atoms with Crippen molar-refractivity contribution in [2.24, 2.45) is 0 Å². The minimum atomic E-state index is -3.86. The molecule has 0 unspecified atom stereocenters. The number of pyridine rings is 1. The molecule has 0 atom stereocenters. The summed E-state index contributed by atoms with van der Waals surface area (Å²) in [6.45, 7) is 6.41. The van der Waals surface area contributed by atoms with E-state index in [1.165, 1.54) is 6.20 Å². The van der Waals surface area contributed by atoms with Gasteiger partial charge in [-0.25, -0.2) is 8.42 Å². The molecule has 0 amide bonds. The van der Waals surface area contributed by atoms with Crippen LogP contribution >= 0.6 is 0 Å². The maximum absolute atomic E-state index is 13.0. The van der Waals surface area contributed by atoms with Gasteiger partial charge in [-0.05, 0) is 50.1 Å². The average molecular weight is 355 g/mol. The van der Waals surface area contributed by atoms with Crippen LogP contribution in [0, 0.1) is 6.92 Å². The molecule has 0 fully saturated rings. The van der Waals surface area contributed by atoms with Gasteiger partial charge in [0.2, 0.25) is 15.3 Å². The Balaban J connectivity index is 2.34. The lowest BCUT2D eigenvalue weighted by molar-refractivity contribution is 0.593. The first-order valence-corrected chi connectivity index (χ1v) is 9.84. The predicted octanol–water partition coefficient (Wildman–Crippen LogP) is 3.73. The fraction of sp³-hybridized carbons (Fsp3) is 0.250. The summed E-state index contributed by atoms with van der Waals surface area (Å²) < 4.78 is 27.9. The number of hydrogen-bond donors (Lipinski definition) is 0. The lowest BCUT2D eigenvalue weighted by atomic mass is 10.1. The van der Waals surface area contributed by atoms with E-state index in [0.717, 1.165) is 23.1 Å². The smallest absolute Gasteiger partial charge is 0.211 e. The van der Waals surface area contributed by atoms with E-state index in [1.807, 2.05) is 37.5 Å². The van der Waals surface area contributed by atoms with E-state index in [9.17, 15) is 13.2 Å². The molecule has 130 valence electrons. The average Bonchev–Trinajstić information content (AvgIpc) is 2.62. The Morgan fingerprint density at radius 2 is 1.68 bits per heavy atom. The molecule has 3 rings (SSSR count). The van der Waals surface area contributed by atoms with Gasteiger partial charge in [0.15, 0.2) is 0 Å². The van der Waals surface area contributed by atoms with Gasteiger partial charge in [-0.15, -0.1) is 0 Å². The quantitative estimate of drug-likeness (QED) is 0.717. The lowest BCUT2D eigenvalue weighted by Gasteiger charge is -2.13. The number of sulfone groups is 1. The van der Waals surface area contributed by atoms with E-state index in [-0.39, 0.29) is 9.79 Å². The fourth-order valence-corrected chi connectivity index (χ4v) is 4.30. The molecular weight excluding hydrogens is 334 g/mol. The van der Waals surface area contributed by atoms with E-state index in [4.69, 9.17) is 0 Å². The fourth-order valence-electron chi connectivity index (χ4n) is 2.94. The molecule has 0 saturated heterocycles. The number of fused-ring (bicyclic) bond motifs is 1. The van der Waals surface area contributed by atoms with Gasteiger partial charge in [0.25, 0.3) is 0 Å². The van der Waals surface area contributed by atoms with E-state index in [1.54, 1.807) is 30.3 Å². The first kappa shape index (κ1) is 17.4. The van der Waals surface area contributed by atoms with Crippen molar-refractivity contribution in [1.82, 2.24) is 4.57 Å². The zero-order chi connectivity index (χ0) is 18.2. The van der Waals surface area contributed by atoms with Crippen molar-refractivity contribution < 1.29 is 8.42 Å². The van der Waals surface area contributed by atoms with E-state index >= 15 is 0 Å². The van der Waals surface area contributed by atoms with Crippen molar-refractivity contribution in [3.05, 3.63) is 70.0 Å². The van der Waals surface area contributed by atoms with Crippen LogP contribution in [0.2, 0.25) is 0 Å². The van der Waals surface area contributed by atoms with Gasteiger partial charge in [0.1, 0.15) is 4.90 Å². The van der Waals surface area contributed by atoms with Gasteiger partial charge in [0.05, 0.1) is 10.4 Å². The van der Waals surface area contributed by atoms with E-state index in [0.29, 0.717) is 11.9 Å². The predicted molar refractivity (Wildman–Crippen MR) is 99.9 cm³/mol. The van der Waals surface area contributed by atoms with Gasteiger partial charge >= 0.3 is 0 Å². The number of rotatable bonds is 4. The number of aryl methyl sites for hydroxylation is 3. The normalized spacial score (nSPS) is 11.8. The third-order valence-electron chi connectivity index (χ3n) is 4.48. The Labute approximate surface area is 147 Å². The van der Waals surface area contributed by atoms with Crippen molar-refractivity contribution >= 4 is 20.7 Å². The standard InChI is InChI=1S/C20H21NO3S/c1-4-15-8-11-18-17(12-15)20(22)19(13-21(18)5-2)25(23,24)16-9-6-14(3)7-10-16/h6-13H,4-5H2,1-3H3. The molecule has 2 aromatic carbocycles. The molecule has 5 heteroatoms. The molecule has 1 aromatic heterocycles. The van der Waals surface area contributed by atoms with Crippen molar-refractivity contribution in [1.29, 1.82) is 0 Å². The minimum absolute atomic E-state index is 0.142. The van der Waals surface area contributed by atoms with Crippen LogP contribution in [-0.2, 0) is 22.8 Å². The Morgan fingerprint density at radius 3 is 2.28 bits per heavy atom. The molecule has 0 spiro atoms. The molecule has 0 aliphatic rings. The summed E-state index contributed by atoms with van der Waals surface area (Å²) >= 11 is 0. The second-order valence-corrected chi connectivity index (χ2v) is 8.05. The monoisotopic (exact) mass is 355 g/mol. The Bertz CT molecular complexity index is 1090. The van der Waals surface area contributed by atoms with Gasteiger partial charge in [-0.1, -0.05) is 30.7 Å². The van der Waals surface area contributed by atoms with Gasteiger partial charge in [-0.2, -0.15) is 0 Å². The van der Waals surface area contributed by atoms with Crippen molar-refractivity contribution in [3.8, 4) is 0 Å². The van der Waals surface area contributed by atoms with Crippen LogP contribution in [-0.4, -0.2) is 13.0 Å². The molecule has 0 radical (unpaired) electrons. The zero-order valence-corrected chi connectivity index (χ0v) is 15.4. The Morgan fingerprint density at radius 1 is 1.00 bits per heavy atom. The summed E-state index contributed by atoms with van der Waals surface area (Å²) in [5, 5.41) is 0.453. The van der Waals surface area contributed by atoms with Crippen LogP contribution < -0.4 is 5.43 Å². The molecule has 0 bridgehead atoms. The summed E-state index contributed by atoms with van der Waals surface area (Å²) in [6, 6.07) is 12.2. The van der Waals surface area contributed by atoms with Crippen molar-refractivity contribution in [2.45, 2.75) is 43.5 Å². The summed E-state index contributed by atoms with van der Waals surface area (Å²) in [4.78, 5) is 12.9. The molecule has 0 N–H and O–H groups in total. The molecule has 0 saturated carbocycles. The van der Waals surface area contributed by atoms with Crippen LogP contribution in [0.25, 0.3) is 10.9 Å². The molecule has 3 aromatic rings. The first-order valence-electron chi connectivity index (χ1n) is 8.36. The molecule has 4 nitrogen and oxygen atoms in total. The number of aromatic nitrogens is 1. The highest BCUT2D eigenvalue weighted by Crippen LogP contribution is 2.22. The number of nitrogens with zero attached hydrogens (tertiary/aromatic N) is 1. The molecular formula is C20H21NO3S. The SMILES string of the molecule is CCc1ccc2c(c1)c(=O)c(S(=O)(=O)c1ccc(C)cc1)cn2CC. The topological polar surface area (TPSA) is 56.1 Å². The Kier molecular flexibility index (Phi) is 4.52. The van der Waals surface area contributed by atoms with E-state index in [2.05, 4.69) is 0 Å². The zero-order valence-electron chi connectivity index (χ0n) is 14.6. The number of hydrogen-bond acceptors (Lipinski definition) is 3. The van der Waals surface area contributed by atoms with Gasteiger partial charge in [-0.3, -0.25) is 4.79 Å². The van der Waals surface area contributed by atoms with Crippen LogP contribution in [0.15, 0.2) is 63.2 Å². The maximum atomic E-state index is 13.0. The van der Waals surface area contributed by atoms with Crippen LogP contribution in [0.3, 0.4) is 0 Å². The first-order chi connectivity index (χ1) is 11.9. The third-order valence-corrected chi connectivity index (χ3v) is 6.24. The van der Waals surface area contributed by atoms with Crippen LogP contribution in [0.4, 0.5) is 0 Å². The van der Waals surface area contributed by atoms with Crippen LogP contribution in [0.5, 0.6) is 0 Å². The number of benzene rings is 2. The highest BCUT2D eigenvalue weighted by Gasteiger charge is 2.23. The third kappa shape index (κ3) is 3.00. The largest absolute Gasteiger partial charge is 0.346 e. The Hall–Kier alpha value is -2.40. The van der Waals surface area contributed by atoms with Crippen molar-refractivity contribution in [3.63, 3.8) is 0 Å². The molecule has 25 heavy (non-hydrogen) atoms. The summed E-state index contributed by atoms with van der Waals surface area (Å²) in [7, 11) is -3.86. The highest BCUT2D eigenvalue weighted by atomic mass is 32.2. The molecule has 0 aliphatic carbocycles. The van der Waals surface area contributed by atoms with Crippen molar-refractivity contribution in [2.75, 3.05) is 0 Å². The van der Waals surface area contributed by atoms with Gasteiger partial charge < -0.3 is 4.57 Å². The van der Waals surface area contributed by atoms with Crippen LogP contribution in [0.1, 0.15) is 25.0 Å². The van der Waals surface area contributed by atoms with E-state index < -0.39 is 15.3 Å². The summed E-state index contributed by atoms with van der Waals surface area (Å²) in [5.41, 5.74) is 2.30. The second-order valence-electron chi connectivity index (χ2n) is 6.13. The summed E-state index contributed by atoms with van der Waals surface area (Å²) in [5.74, 6) is 0.